The van der Waals surface area contributed by atoms with Gasteiger partial charge in [0.05, 0.1) is 11.3 Å². The van der Waals surface area contributed by atoms with Gasteiger partial charge in [0, 0.05) is 24.0 Å². The first kappa shape index (κ1) is 22.8. The van der Waals surface area contributed by atoms with Gasteiger partial charge in [0.2, 0.25) is 0 Å². The highest BCUT2D eigenvalue weighted by Crippen LogP contribution is 2.31. The van der Waals surface area contributed by atoms with Crippen LogP contribution in [0.1, 0.15) is 11.3 Å². The number of ether oxygens (including phenoxy) is 2. The lowest BCUT2D eigenvalue weighted by Gasteiger charge is -2.11. The second-order valence-electron chi connectivity index (χ2n) is 7.19. The van der Waals surface area contributed by atoms with E-state index in [1.54, 1.807) is 48.7 Å². The van der Waals surface area contributed by atoms with Crippen LogP contribution in [0, 0.1) is 0 Å². The summed E-state index contributed by atoms with van der Waals surface area (Å²) in [5.74, 6) is -0.203. The molecule has 1 N–H and O–H groups in total. The molecule has 7 nitrogen and oxygen atoms in total. The number of carbonyl (C=O) groups excluding carboxylic acids is 1. The normalized spacial score (nSPS) is 11.3. The summed E-state index contributed by atoms with van der Waals surface area (Å²) in [5.41, 5.74) is 0.252. The van der Waals surface area contributed by atoms with E-state index < -0.39 is 24.3 Å². The smallest absolute Gasteiger partial charge is 0.416 e. The molecule has 10 heteroatoms. The maximum Gasteiger partial charge on any atom is 0.416 e. The fraction of sp³-hybridized carbons (Fsp3) is 0.125. The van der Waals surface area contributed by atoms with E-state index >= 15 is 0 Å². The van der Waals surface area contributed by atoms with Crippen molar-refractivity contribution in [2.75, 3.05) is 11.9 Å². The van der Waals surface area contributed by atoms with Gasteiger partial charge >= 0.3 is 6.18 Å². The van der Waals surface area contributed by atoms with E-state index in [9.17, 15) is 22.8 Å². The maximum atomic E-state index is 12.8. The molecule has 4 aromatic rings. The Balaban J connectivity index is 1.34. The van der Waals surface area contributed by atoms with Crippen molar-refractivity contribution >= 4 is 17.2 Å². The Bertz CT molecular complexity index is 1390. The minimum Gasteiger partial charge on any atom is -0.487 e. The van der Waals surface area contributed by atoms with E-state index in [0.29, 0.717) is 22.8 Å². The number of aromatic nitrogens is 2. The van der Waals surface area contributed by atoms with Crippen molar-refractivity contribution < 1.29 is 27.4 Å². The Hall–Kier alpha value is -4.34. The van der Waals surface area contributed by atoms with Crippen LogP contribution in [0.4, 0.5) is 18.9 Å². The van der Waals surface area contributed by atoms with Gasteiger partial charge in [-0.2, -0.15) is 13.2 Å². The topological polar surface area (TPSA) is 81.9 Å². The predicted octanol–water partition coefficient (Wildman–Crippen LogP) is 4.31. The molecule has 174 valence electrons. The van der Waals surface area contributed by atoms with E-state index in [1.165, 1.54) is 22.6 Å². The number of alkyl halides is 3. The molecule has 0 fully saturated rings. The standard InChI is InChI=1S/C24H18F3N3O4/c25-24(26,27)16-5-3-7-19(11-16)34-15-22(31)29-17-6-4-8-20(12-17)33-14-18-13-23(32)30-10-2-1-9-21(30)28-18/h1-13H,14-15H2,(H,29,31). The monoisotopic (exact) mass is 469 g/mol. The zero-order valence-electron chi connectivity index (χ0n) is 17.6. The molecule has 2 heterocycles. The number of amides is 1. The van der Waals surface area contributed by atoms with Gasteiger partial charge in [0.15, 0.2) is 6.61 Å². The SMILES string of the molecule is O=C(COc1cccc(C(F)(F)F)c1)Nc1cccc(OCc2cc(=O)n3ccccc3n2)c1. The molecule has 0 bridgehead atoms. The number of anilines is 1. The number of pyridine rings is 1. The lowest BCUT2D eigenvalue weighted by Crippen LogP contribution is -2.20. The summed E-state index contributed by atoms with van der Waals surface area (Å²) in [7, 11) is 0. The highest BCUT2D eigenvalue weighted by atomic mass is 19.4. The number of hydrogen-bond acceptors (Lipinski definition) is 5. The second-order valence-corrected chi connectivity index (χ2v) is 7.19. The first-order chi connectivity index (χ1) is 16.3. The summed E-state index contributed by atoms with van der Waals surface area (Å²) in [4.78, 5) is 28.7. The maximum absolute atomic E-state index is 12.8. The molecule has 0 aliphatic heterocycles. The predicted molar refractivity (Wildman–Crippen MR) is 118 cm³/mol. The van der Waals surface area contributed by atoms with Gasteiger partial charge in [0.1, 0.15) is 23.8 Å². The largest absolute Gasteiger partial charge is 0.487 e. The molecule has 0 unspecified atom stereocenters. The van der Waals surface area contributed by atoms with E-state index in [-0.39, 0.29) is 17.9 Å². The summed E-state index contributed by atoms with van der Waals surface area (Å²) >= 11 is 0. The minimum atomic E-state index is -4.50. The summed E-state index contributed by atoms with van der Waals surface area (Å²) in [6.45, 7) is -0.436. The summed E-state index contributed by atoms with van der Waals surface area (Å²) in [5, 5.41) is 2.59. The molecule has 0 saturated heterocycles. The van der Waals surface area contributed by atoms with E-state index in [2.05, 4.69) is 10.3 Å². The molecule has 0 radical (unpaired) electrons. The van der Waals surface area contributed by atoms with Crippen molar-refractivity contribution in [2.24, 2.45) is 0 Å². The Kier molecular flexibility index (Phi) is 6.48. The fourth-order valence-corrected chi connectivity index (χ4v) is 3.11. The number of nitrogens with one attached hydrogen (secondary N) is 1. The van der Waals surface area contributed by atoms with E-state index in [0.717, 1.165) is 12.1 Å². The molecular formula is C24H18F3N3O4. The van der Waals surface area contributed by atoms with Crippen LogP contribution in [0.2, 0.25) is 0 Å². The van der Waals surface area contributed by atoms with Crippen LogP contribution in [0.3, 0.4) is 0 Å². The lowest BCUT2D eigenvalue weighted by molar-refractivity contribution is -0.137. The first-order valence-corrected chi connectivity index (χ1v) is 10.1. The molecule has 4 rings (SSSR count). The number of hydrogen-bond donors (Lipinski definition) is 1. The lowest BCUT2D eigenvalue weighted by atomic mass is 10.2. The molecule has 2 aromatic heterocycles. The van der Waals surface area contributed by atoms with Crippen molar-refractivity contribution in [2.45, 2.75) is 12.8 Å². The van der Waals surface area contributed by atoms with Crippen molar-refractivity contribution in [3.63, 3.8) is 0 Å². The zero-order valence-corrected chi connectivity index (χ0v) is 17.6. The Labute approximate surface area is 191 Å². The summed E-state index contributed by atoms with van der Waals surface area (Å²) < 4.78 is 50.6. The van der Waals surface area contributed by atoms with Gasteiger partial charge in [-0.25, -0.2) is 4.98 Å². The van der Waals surface area contributed by atoms with Crippen LogP contribution in [0.15, 0.2) is 83.8 Å². The zero-order chi connectivity index (χ0) is 24.1. The van der Waals surface area contributed by atoms with Crippen molar-refractivity contribution in [3.05, 3.63) is 101 Å². The Morgan fingerprint density at radius 3 is 2.50 bits per heavy atom. The van der Waals surface area contributed by atoms with Crippen LogP contribution in [0.5, 0.6) is 11.5 Å². The van der Waals surface area contributed by atoms with Gasteiger partial charge in [-0.15, -0.1) is 0 Å². The summed E-state index contributed by atoms with van der Waals surface area (Å²) in [6.07, 6.45) is -2.88. The van der Waals surface area contributed by atoms with Crippen molar-refractivity contribution in [3.8, 4) is 11.5 Å². The first-order valence-electron chi connectivity index (χ1n) is 10.1. The minimum absolute atomic E-state index is 0.0384. The molecule has 1 amide bonds. The molecule has 34 heavy (non-hydrogen) atoms. The number of nitrogens with zero attached hydrogens (tertiary/aromatic N) is 2. The molecule has 0 aliphatic rings. The number of halogens is 3. The van der Waals surface area contributed by atoms with Gasteiger partial charge < -0.3 is 14.8 Å². The molecule has 0 atom stereocenters. The molecule has 2 aromatic carbocycles. The van der Waals surface area contributed by atoms with Gasteiger partial charge in [-0.05, 0) is 42.5 Å². The van der Waals surface area contributed by atoms with E-state index in [4.69, 9.17) is 9.47 Å². The van der Waals surface area contributed by atoms with Crippen LogP contribution in [0.25, 0.3) is 5.65 Å². The average molecular weight is 469 g/mol. The highest BCUT2D eigenvalue weighted by molar-refractivity contribution is 5.92. The Morgan fingerprint density at radius 2 is 1.71 bits per heavy atom. The second kappa shape index (κ2) is 9.65. The third kappa shape index (κ3) is 5.71. The molecule has 0 saturated carbocycles. The van der Waals surface area contributed by atoms with Crippen LogP contribution in [-0.2, 0) is 17.6 Å². The third-order valence-electron chi connectivity index (χ3n) is 4.66. The van der Waals surface area contributed by atoms with Crippen LogP contribution < -0.4 is 20.3 Å². The molecular weight excluding hydrogens is 451 g/mol. The quantitative estimate of drug-likeness (QED) is 0.436. The van der Waals surface area contributed by atoms with E-state index in [1.807, 2.05) is 0 Å². The fourth-order valence-electron chi connectivity index (χ4n) is 3.11. The number of fused-ring (bicyclic) bond motifs is 1. The van der Waals surface area contributed by atoms with Crippen molar-refractivity contribution in [1.82, 2.24) is 9.38 Å². The Morgan fingerprint density at radius 1 is 0.941 bits per heavy atom. The number of carbonyl (C=O) groups is 1. The number of benzene rings is 2. The van der Waals surface area contributed by atoms with Crippen molar-refractivity contribution in [1.29, 1.82) is 0 Å². The van der Waals surface area contributed by atoms with Gasteiger partial charge in [0.25, 0.3) is 11.5 Å². The van der Waals surface area contributed by atoms with Gasteiger partial charge in [-0.1, -0.05) is 18.2 Å². The molecule has 0 aliphatic carbocycles. The van der Waals surface area contributed by atoms with Crippen LogP contribution in [-0.4, -0.2) is 21.9 Å². The third-order valence-corrected chi connectivity index (χ3v) is 4.66. The average Bonchev–Trinajstić information content (AvgIpc) is 2.81. The number of rotatable bonds is 7. The molecule has 0 spiro atoms. The summed E-state index contributed by atoms with van der Waals surface area (Å²) in [6, 6.07) is 17.4. The highest BCUT2D eigenvalue weighted by Gasteiger charge is 2.30. The van der Waals surface area contributed by atoms with Crippen LogP contribution >= 0.6 is 0 Å². The van der Waals surface area contributed by atoms with Gasteiger partial charge in [-0.3, -0.25) is 14.0 Å².